The lowest BCUT2D eigenvalue weighted by Gasteiger charge is -2.31. The topological polar surface area (TPSA) is 52.6 Å². The molecule has 30 heavy (non-hydrogen) atoms. The second-order valence-corrected chi connectivity index (χ2v) is 9.31. The minimum absolute atomic E-state index is 0. The minimum Gasteiger partial charge on any atom is -0.357 e. The number of piperidine rings is 1. The number of likely N-dealkylation sites (tertiary alicyclic amines) is 1. The van der Waals surface area contributed by atoms with Crippen LogP contribution in [-0.2, 0) is 19.5 Å². The zero-order valence-electron chi connectivity index (χ0n) is 18.5. The molecule has 5 nitrogen and oxygen atoms in total. The van der Waals surface area contributed by atoms with Crippen LogP contribution in [0, 0.1) is 12.8 Å². The van der Waals surface area contributed by atoms with Crippen LogP contribution >= 0.6 is 35.3 Å². The zero-order chi connectivity index (χ0) is 20.5. The van der Waals surface area contributed by atoms with Gasteiger partial charge in [-0.25, -0.2) is 9.98 Å². The normalized spacial score (nSPS) is 17.4. The number of nitrogens with one attached hydrogen (secondary N) is 2. The number of nitrogens with zero attached hydrogens (tertiary/aromatic N) is 3. The third kappa shape index (κ3) is 8.15. The van der Waals surface area contributed by atoms with Gasteiger partial charge in [0.05, 0.1) is 11.6 Å². The van der Waals surface area contributed by atoms with Gasteiger partial charge in [0.2, 0.25) is 0 Å². The van der Waals surface area contributed by atoms with Crippen LogP contribution in [0.2, 0.25) is 0 Å². The standard InChI is InChI=1S/C23H35N5S.HI/c1-4-24-23(25-12-11-22-26-14-19(3)29-22)27-15-20-9-5-6-10-21(20)17-28-13-7-8-18(2)16-28;/h5-6,9-10,14,18H,4,7-8,11-13,15-17H2,1-3H3,(H2,24,25,27);1H. The summed E-state index contributed by atoms with van der Waals surface area (Å²) in [6.07, 6.45) is 5.54. The SMILES string of the molecule is CCNC(=NCc1ccccc1CN1CCCC(C)C1)NCCc1ncc(C)s1.I. The molecule has 1 saturated heterocycles. The molecule has 1 unspecified atom stereocenters. The lowest BCUT2D eigenvalue weighted by Crippen LogP contribution is -2.38. The van der Waals surface area contributed by atoms with Crippen molar-refractivity contribution in [2.75, 3.05) is 26.2 Å². The summed E-state index contributed by atoms with van der Waals surface area (Å²) < 4.78 is 0. The number of aliphatic imine (C=N–C) groups is 1. The van der Waals surface area contributed by atoms with Crippen LogP contribution in [0.15, 0.2) is 35.5 Å². The average Bonchev–Trinajstić information content (AvgIpc) is 3.12. The van der Waals surface area contributed by atoms with Gasteiger partial charge in [0.25, 0.3) is 0 Å². The molecule has 2 aromatic rings. The molecule has 2 N–H and O–H groups in total. The smallest absolute Gasteiger partial charge is 0.191 e. The van der Waals surface area contributed by atoms with Crippen molar-refractivity contribution < 1.29 is 0 Å². The maximum atomic E-state index is 4.85. The molecule has 1 aliphatic heterocycles. The van der Waals surface area contributed by atoms with E-state index in [1.165, 1.54) is 46.9 Å². The summed E-state index contributed by atoms with van der Waals surface area (Å²) in [4.78, 5) is 13.1. The second-order valence-electron chi connectivity index (χ2n) is 7.99. The fourth-order valence-electron chi connectivity index (χ4n) is 3.85. The summed E-state index contributed by atoms with van der Waals surface area (Å²) in [6, 6.07) is 8.75. The van der Waals surface area contributed by atoms with E-state index in [4.69, 9.17) is 4.99 Å². The third-order valence-electron chi connectivity index (χ3n) is 5.31. The van der Waals surface area contributed by atoms with E-state index in [2.05, 4.69) is 65.6 Å². The first kappa shape index (κ1) is 25.1. The Morgan fingerprint density at radius 1 is 1.27 bits per heavy atom. The van der Waals surface area contributed by atoms with Gasteiger partial charge >= 0.3 is 0 Å². The molecule has 1 aromatic heterocycles. The maximum absolute atomic E-state index is 4.85. The van der Waals surface area contributed by atoms with Crippen LogP contribution in [0.5, 0.6) is 0 Å². The van der Waals surface area contributed by atoms with Gasteiger partial charge in [-0.3, -0.25) is 4.90 Å². The van der Waals surface area contributed by atoms with Gasteiger partial charge in [-0.15, -0.1) is 35.3 Å². The van der Waals surface area contributed by atoms with Crippen LogP contribution in [0.4, 0.5) is 0 Å². The van der Waals surface area contributed by atoms with Gasteiger partial charge in [-0.1, -0.05) is 31.2 Å². The summed E-state index contributed by atoms with van der Waals surface area (Å²) >= 11 is 1.77. The summed E-state index contributed by atoms with van der Waals surface area (Å²) in [5, 5.41) is 7.99. The molecule has 166 valence electrons. The van der Waals surface area contributed by atoms with Crippen molar-refractivity contribution in [3.05, 3.63) is 51.5 Å². The fourth-order valence-corrected chi connectivity index (χ4v) is 4.63. The van der Waals surface area contributed by atoms with Gasteiger partial charge in [0.15, 0.2) is 5.96 Å². The largest absolute Gasteiger partial charge is 0.357 e. The van der Waals surface area contributed by atoms with E-state index in [0.29, 0.717) is 6.54 Å². The molecule has 0 aliphatic carbocycles. The highest BCUT2D eigenvalue weighted by molar-refractivity contribution is 14.0. The average molecular weight is 542 g/mol. The Hall–Kier alpha value is -1.19. The number of hydrogen-bond donors (Lipinski definition) is 2. The lowest BCUT2D eigenvalue weighted by atomic mass is 9.99. The van der Waals surface area contributed by atoms with E-state index in [9.17, 15) is 0 Å². The van der Waals surface area contributed by atoms with Crippen molar-refractivity contribution >= 4 is 41.3 Å². The molecule has 1 atom stereocenters. The number of rotatable bonds is 8. The number of thiazole rings is 1. The molecule has 1 aliphatic rings. The van der Waals surface area contributed by atoms with Crippen LogP contribution in [-0.4, -0.2) is 42.0 Å². The third-order valence-corrected chi connectivity index (χ3v) is 6.28. The van der Waals surface area contributed by atoms with E-state index in [0.717, 1.165) is 37.9 Å². The van der Waals surface area contributed by atoms with Crippen LogP contribution in [0.3, 0.4) is 0 Å². The summed E-state index contributed by atoms with van der Waals surface area (Å²) in [7, 11) is 0. The molecular weight excluding hydrogens is 505 g/mol. The highest BCUT2D eigenvalue weighted by Crippen LogP contribution is 2.20. The molecule has 7 heteroatoms. The van der Waals surface area contributed by atoms with Gasteiger partial charge < -0.3 is 10.6 Å². The molecule has 2 heterocycles. The molecule has 1 aromatic carbocycles. The fraction of sp³-hybridized carbons (Fsp3) is 0.565. The molecule has 3 rings (SSSR count). The van der Waals surface area contributed by atoms with Gasteiger partial charge in [0, 0.05) is 43.7 Å². The molecule has 0 radical (unpaired) electrons. The predicted molar refractivity (Wildman–Crippen MR) is 139 cm³/mol. The molecule has 0 saturated carbocycles. The van der Waals surface area contributed by atoms with Gasteiger partial charge in [-0.2, -0.15) is 0 Å². The van der Waals surface area contributed by atoms with Crippen molar-refractivity contribution in [2.45, 2.75) is 53.1 Å². The van der Waals surface area contributed by atoms with Crippen molar-refractivity contribution in [3.8, 4) is 0 Å². The van der Waals surface area contributed by atoms with Crippen LogP contribution in [0.1, 0.15) is 47.7 Å². The van der Waals surface area contributed by atoms with Crippen LogP contribution < -0.4 is 10.6 Å². The summed E-state index contributed by atoms with van der Waals surface area (Å²) in [6.45, 7) is 12.4. The molecule has 0 bridgehead atoms. The summed E-state index contributed by atoms with van der Waals surface area (Å²) in [5.74, 6) is 1.68. The van der Waals surface area contributed by atoms with E-state index < -0.39 is 0 Å². The number of hydrogen-bond acceptors (Lipinski definition) is 4. The van der Waals surface area contributed by atoms with E-state index in [1.807, 2.05) is 6.20 Å². The van der Waals surface area contributed by atoms with E-state index >= 15 is 0 Å². The van der Waals surface area contributed by atoms with Gasteiger partial charge in [-0.05, 0) is 50.3 Å². The maximum Gasteiger partial charge on any atom is 0.191 e. The number of guanidine groups is 1. The van der Waals surface area contributed by atoms with Crippen molar-refractivity contribution in [2.24, 2.45) is 10.9 Å². The Morgan fingerprint density at radius 2 is 2.07 bits per heavy atom. The lowest BCUT2D eigenvalue weighted by molar-refractivity contribution is 0.176. The highest BCUT2D eigenvalue weighted by Gasteiger charge is 2.17. The number of aryl methyl sites for hydroxylation is 1. The molecule has 1 fully saturated rings. The highest BCUT2D eigenvalue weighted by atomic mass is 127. The van der Waals surface area contributed by atoms with Crippen molar-refractivity contribution in [1.29, 1.82) is 0 Å². The Morgan fingerprint density at radius 3 is 2.77 bits per heavy atom. The monoisotopic (exact) mass is 541 g/mol. The van der Waals surface area contributed by atoms with E-state index in [-0.39, 0.29) is 24.0 Å². The number of benzene rings is 1. The quantitative estimate of drug-likeness (QED) is 0.292. The second kappa shape index (κ2) is 13.3. The van der Waals surface area contributed by atoms with Crippen molar-refractivity contribution in [3.63, 3.8) is 0 Å². The number of aromatic nitrogens is 1. The zero-order valence-corrected chi connectivity index (χ0v) is 21.6. The Balaban J connectivity index is 0.00000320. The molecular formula is C23H36IN5S. The summed E-state index contributed by atoms with van der Waals surface area (Å²) in [5.41, 5.74) is 2.72. The molecule has 0 amide bonds. The first-order valence-corrected chi connectivity index (χ1v) is 11.7. The minimum atomic E-state index is 0. The van der Waals surface area contributed by atoms with Crippen molar-refractivity contribution in [1.82, 2.24) is 20.5 Å². The Labute approximate surface area is 202 Å². The molecule has 0 spiro atoms. The number of halogens is 1. The van der Waals surface area contributed by atoms with Crippen LogP contribution in [0.25, 0.3) is 0 Å². The van der Waals surface area contributed by atoms with E-state index in [1.54, 1.807) is 11.3 Å². The predicted octanol–water partition coefficient (Wildman–Crippen LogP) is 4.60. The first-order chi connectivity index (χ1) is 14.1. The Bertz CT molecular complexity index is 791. The Kier molecular flexibility index (Phi) is 11.1. The first-order valence-electron chi connectivity index (χ1n) is 10.9. The van der Waals surface area contributed by atoms with Gasteiger partial charge in [0.1, 0.15) is 0 Å².